The maximum atomic E-state index is 12.7. The molecule has 10 heteroatoms. The van der Waals surface area contributed by atoms with Gasteiger partial charge in [0.25, 0.3) is 0 Å². The van der Waals surface area contributed by atoms with Crippen LogP contribution in [-0.4, -0.2) is 68.8 Å². The molecule has 230 valence electrons. The average Bonchev–Trinajstić information content (AvgIpc) is 3.93. The van der Waals surface area contributed by atoms with Crippen LogP contribution in [0.2, 0.25) is 0 Å². The number of nitrogens with one attached hydrogen (secondary N) is 3. The predicted molar refractivity (Wildman–Crippen MR) is 171 cm³/mol. The van der Waals surface area contributed by atoms with Crippen LogP contribution in [0.25, 0.3) is 22.5 Å². The minimum absolute atomic E-state index is 0.127. The molecule has 1 aromatic heterocycles. The van der Waals surface area contributed by atoms with Crippen molar-refractivity contribution in [3.05, 3.63) is 78.9 Å². The number of aromatic nitrogens is 2. The molecule has 3 aromatic rings. The molecule has 0 unspecified atom stereocenters. The van der Waals surface area contributed by atoms with Crippen molar-refractivity contribution in [2.24, 2.45) is 11.8 Å². The summed E-state index contributed by atoms with van der Waals surface area (Å²) in [5.74, 6) is 0.338. The Labute approximate surface area is 261 Å². The van der Waals surface area contributed by atoms with Crippen LogP contribution in [0.5, 0.6) is 0 Å². The molecule has 45 heavy (non-hydrogen) atoms. The van der Waals surface area contributed by atoms with Gasteiger partial charge in [0.2, 0.25) is 23.6 Å². The van der Waals surface area contributed by atoms with Crippen LogP contribution in [0.1, 0.15) is 38.5 Å². The number of anilines is 2. The van der Waals surface area contributed by atoms with Crippen molar-refractivity contribution in [2.75, 3.05) is 23.7 Å². The number of carbonyl (C=O) groups is 4. The van der Waals surface area contributed by atoms with Crippen molar-refractivity contribution in [1.29, 1.82) is 0 Å². The Morgan fingerprint density at radius 2 is 1.16 bits per heavy atom. The first-order valence-electron chi connectivity index (χ1n) is 15.7. The second-order valence-corrected chi connectivity index (χ2v) is 12.3. The van der Waals surface area contributed by atoms with E-state index < -0.39 is 0 Å². The van der Waals surface area contributed by atoms with E-state index in [-0.39, 0.29) is 60.4 Å². The molecule has 0 saturated heterocycles. The highest BCUT2D eigenvalue weighted by Crippen LogP contribution is 2.34. The molecule has 2 aliphatic carbocycles. The Morgan fingerprint density at radius 3 is 1.62 bits per heavy atom. The second-order valence-electron chi connectivity index (χ2n) is 12.3. The third-order valence-corrected chi connectivity index (χ3v) is 8.85. The molecule has 0 bridgehead atoms. The third kappa shape index (κ3) is 6.60. The highest BCUT2D eigenvalue weighted by Gasteiger charge is 2.38. The van der Waals surface area contributed by atoms with Crippen LogP contribution in [0.15, 0.2) is 78.9 Å². The van der Waals surface area contributed by atoms with Crippen LogP contribution in [0.4, 0.5) is 11.4 Å². The van der Waals surface area contributed by atoms with E-state index >= 15 is 0 Å². The summed E-state index contributed by atoms with van der Waals surface area (Å²) in [6.07, 6.45) is 12.1. The van der Waals surface area contributed by atoms with Crippen molar-refractivity contribution in [3.8, 4) is 22.5 Å². The summed E-state index contributed by atoms with van der Waals surface area (Å²) in [7, 11) is 0. The quantitative estimate of drug-likeness (QED) is 0.288. The maximum Gasteiger partial charge on any atom is 0.226 e. The van der Waals surface area contributed by atoms with E-state index in [0.717, 1.165) is 48.2 Å². The summed E-state index contributed by atoms with van der Waals surface area (Å²) in [6.45, 7) is 1.16. The van der Waals surface area contributed by atoms with Crippen molar-refractivity contribution < 1.29 is 19.2 Å². The zero-order valence-electron chi connectivity index (χ0n) is 24.9. The van der Waals surface area contributed by atoms with E-state index in [4.69, 9.17) is 0 Å². The maximum absolute atomic E-state index is 12.7. The standard InChI is InChI=1S/C35H36N6O4/c42-32(19-28-3-1-17-40(28)34(44)24-5-6-24)36-26-13-9-22(10-14-26)30-21-31(39-38-30)23-11-15-27(16-12-23)37-33(43)20-29-4-2-18-41(29)35(45)25-7-8-25/h1-4,9-16,21,24-25,28-29H,5-8,17-20H2,(H,36,42)(H,37,43)(H,38,39)/t28-,29-/m1/s1. The third-order valence-electron chi connectivity index (χ3n) is 8.85. The Morgan fingerprint density at radius 1 is 0.689 bits per heavy atom. The lowest BCUT2D eigenvalue weighted by atomic mass is 10.1. The first-order chi connectivity index (χ1) is 21.9. The van der Waals surface area contributed by atoms with E-state index in [1.165, 1.54) is 0 Å². The molecule has 2 aromatic carbocycles. The number of hydrogen-bond acceptors (Lipinski definition) is 5. The molecule has 2 saturated carbocycles. The van der Waals surface area contributed by atoms with Gasteiger partial charge in [-0.3, -0.25) is 24.3 Å². The SMILES string of the molecule is O=C(C[C@H]1C=CCN1C(=O)C1CC1)Nc1ccc(-c2cc(-c3ccc(NC(=O)C[C@H]4C=CCN4C(=O)C4CC4)cc3)[nH]n2)cc1. The number of amides is 4. The van der Waals surface area contributed by atoms with Gasteiger partial charge in [-0.2, -0.15) is 5.10 Å². The lowest BCUT2D eigenvalue weighted by Crippen LogP contribution is -2.39. The molecule has 0 spiro atoms. The van der Waals surface area contributed by atoms with Crippen molar-refractivity contribution in [3.63, 3.8) is 0 Å². The number of rotatable bonds is 10. The number of aromatic amines is 1. The van der Waals surface area contributed by atoms with E-state index in [0.29, 0.717) is 24.5 Å². The topological polar surface area (TPSA) is 127 Å². The van der Waals surface area contributed by atoms with Crippen molar-refractivity contribution in [1.82, 2.24) is 20.0 Å². The minimum atomic E-state index is -0.186. The van der Waals surface area contributed by atoms with Gasteiger partial charge in [0.15, 0.2) is 0 Å². The lowest BCUT2D eigenvalue weighted by molar-refractivity contribution is -0.134. The summed E-state index contributed by atoms with van der Waals surface area (Å²) in [5.41, 5.74) is 4.79. The van der Waals surface area contributed by atoms with Gasteiger partial charge >= 0.3 is 0 Å². The molecule has 0 radical (unpaired) electrons. The summed E-state index contributed by atoms with van der Waals surface area (Å²) in [5, 5.41) is 13.4. The van der Waals surface area contributed by atoms with E-state index in [1.54, 1.807) is 4.90 Å². The molecule has 3 N–H and O–H groups in total. The molecule has 4 amide bonds. The largest absolute Gasteiger partial charge is 0.332 e. The monoisotopic (exact) mass is 604 g/mol. The minimum Gasteiger partial charge on any atom is -0.332 e. The molecular formula is C35H36N6O4. The van der Waals surface area contributed by atoms with Gasteiger partial charge in [-0.05, 0) is 61.6 Å². The van der Waals surface area contributed by atoms with Gasteiger partial charge < -0.3 is 20.4 Å². The Kier molecular flexibility index (Phi) is 7.79. The molecular weight excluding hydrogens is 568 g/mol. The molecule has 7 rings (SSSR count). The number of H-pyrrole nitrogens is 1. The zero-order chi connectivity index (χ0) is 30.9. The summed E-state index contributed by atoms with van der Waals surface area (Å²) in [6, 6.07) is 16.6. The van der Waals surface area contributed by atoms with Crippen LogP contribution in [0, 0.1) is 11.8 Å². The average molecular weight is 605 g/mol. The summed E-state index contributed by atoms with van der Waals surface area (Å²) in [4.78, 5) is 54.0. The molecule has 4 aliphatic rings. The fourth-order valence-corrected chi connectivity index (χ4v) is 6.01. The van der Waals surface area contributed by atoms with Gasteiger partial charge in [0.1, 0.15) is 0 Å². The van der Waals surface area contributed by atoms with Gasteiger partial charge in [0, 0.05) is 41.9 Å². The van der Waals surface area contributed by atoms with E-state index in [2.05, 4.69) is 20.8 Å². The molecule has 3 heterocycles. The fraction of sp³-hybridized carbons (Fsp3) is 0.343. The number of nitrogens with zero attached hydrogens (tertiary/aromatic N) is 3. The van der Waals surface area contributed by atoms with Gasteiger partial charge in [-0.25, -0.2) is 0 Å². The van der Waals surface area contributed by atoms with Crippen molar-refractivity contribution in [2.45, 2.75) is 50.6 Å². The highest BCUT2D eigenvalue weighted by molar-refractivity contribution is 5.93. The second kappa shape index (κ2) is 12.2. The van der Waals surface area contributed by atoms with Crippen LogP contribution < -0.4 is 10.6 Å². The van der Waals surface area contributed by atoms with Gasteiger partial charge in [-0.15, -0.1) is 0 Å². The van der Waals surface area contributed by atoms with Gasteiger partial charge in [0.05, 0.1) is 36.3 Å². The summed E-state index contributed by atoms with van der Waals surface area (Å²) < 4.78 is 0. The number of benzene rings is 2. The van der Waals surface area contributed by atoms with Crippen LogP contribution in [0.3, 0.4) is 0 Å². The molecule has 10 nitrogen and oxygen atoms in total. The first kappa shape index (κ1) is 28.8. The van der Waals surface area contributed by atoms with E-state index in [1.807, 2.05) is 83.8 Å². The molecule has 2 atom stereocenters. The number of carbonyl (C=O) groups excluding carboxylic acids is 4. The smallest absolute Gasteiger partial charge is 0.226 e. The fourth-order valence-electron chi connectivity index (χ4n) is 6.01. The number of hydrogen-bond donors (Lipinski definition) is 3. The Balaban J connectivity index is 0.911. The van der Waals surface area contributed by atoms with Crippen molar-refractivity contribution >= 4 is 35.0 Å². The molecule has 2 aliphatic heterocycles. The predicted octanol–water partition coefficient (Wildman–Crippen LogP) is 4.75. The lowest BCUT2D eigenvalue weighted by Gasteiger charge is -2.24. The van der Waals surface area contributed by atoms with E-state index in [9.17, 15) is 19.2 Å². The van der Waals surface area contributed by atoms with Crippen LogP contribution in [-0.2, 0) is 19.2 Å². The first-order valence-corrected chi connectivity index (χ1v) is 15.7. The Bertz CT molecular complexity index is 1540. The highest BCUT2D eigenvalue weighted by atomic mass is 16.2. The Hall–Kier alpha value is -4.99. The molecule has 2 fully saturated rings. The summed E-state index contributed by atoms with van der Waals surface area (Å²) >= 11 is 0. The zero-order valence-corrected chi connectivity index (χ0v) is 24.9. The normalized spacial score (nSPS) is 20.4. The van der Waals surface area contributed by atoms with Gasteiger partial charge in [-0.1, -0.05) is 48.6 Å². The van der Waals surface area contributed by atoms with Crippen LogP contribution >= 0.6 is 0 Å².